The summed E-state index contributed by atoms with van der Waals surface area (Å²) in [5.41, 5.74) is -1.26. The molecule has 30 heavy (non-hydrogen) atoms. The second-order valence-electron chi connectivity index (χ2n) is 6.12. The lowest BCUT2D eigenvalue weighted by atomic mass is 10.2. The van der Waals surface area contributed by atoms with E-state index in [1.807, 2.05) is 0 Å². The summed E-state index contributed by atoms with van der Waals surface area (Å²) in [6.45, 7) is 0.0772. The number of benzene rings is 1. The highest BCUT2D eigenvalue weighted by Crippen LogP contribution is 2.34. The van der Waals surface area contributed by atoms with E-state index in [-0.39, 0.29) is 25.0 Å². The zero-order valence-corrected chi connectivity index (χ0v) is 15.4. The zero-order chi connectivity index (χ0) is 21.3. The van der Waals surface area contributed by atoms with Crippen molar-refractivity contribution >= 4 is 5.91 Å². The molecule has 4 rings (SSSR count). The van der Waals surface area contributed by atoms with E-state index < -0.39 is 23.3 Å². The first-order chi connectivity index (χ1) is 14.4. The van der Waals surface area contributed by atoms with Crippen LogP contribution in [0.4, 0.5) is 13.2 Å². The van der Waals surface area contributed by atoms with E-state index in [9.17, 15) is 18.0 Å². The first kappa shape index (κ1) is 19.5. The van der Waals surface area contributed by atoms with Crippen LogP contribution in [0.5, 0.6) is 17.4 Å². The van der Waals surface area contributed by atoms with Gasteiger partial charge in [-0.3, -0.25) is 4.79 Å². The molecule has 1 aliphatic rings. The van der Waals surface area contributed by atoms with Gasteiger partial charge in [0.1, 0.15) is 0 Å². The Kier molecular flexibility index (Phi) is 4.90. The number of ether oxygens (including phenoxy) is 3. The van der Waals surface area contributed by atoms with Gasteiger partial charge in [-0.25, -0.2) is 4.68 Å². The van der Waals surface area contributed by atoms with Crippen LogP contribution in [-0.4, -0.2) is 39.8 Å². The van der Waals surface area contributed by atoms with Crippen LogP contribution in [0.1, 0.15) is 21.6 Å². The summed E-state index contributed by atoms with van der Waals surface area (Å²) in [5, 5.41) is 13.4. The quantitative estimate of drug-likeness (QED) is 0.675. The summed E-state index contributed by atoms with van der Waals surface area (Å²) in [5.74, 6) is 0.0433. The zero-order valence-electron chi connectivity index (χ0n) is 15.4. The Labute approximate surface area is 167 Å². The van der Waals surface area contributed by atoms with E-state index >= 15 is 0 Å². The number of aromatic nitrogens is 4. The van der Waals surface area contributed by atoms with E-state index in [0.717, 1.165) is 6.20 Å². The van der Waals surface area contributed by atoms with E-state index in [4.69, 9.17) is 14.2 Å². The number of carbonyl (C=O) groups is 1. The van der Waals surface area contributed by atoms with Crippen LogP contribution in [0.2, 0.25) is 0 Å². The number of hydrogen-bond donors (Lipinski definition) is 1. The minimum atomic E-state index is -4.86. The predicted molar refractivity (Wildman–Crippen MR) is 94.4 cm³/mol. The molecule has 2 aromatic heterocycles. The molecule has 3 aromatic rings. The van der Waals surface area contributed by atoms with Crippen LogP contribution in [0.15, 0.2) is 36.5 Å². The molecule has 9 nitrogen and oxygen atoms in total. The molecule has 0 atom stereocenters. The first-order valence-electron chi connectivity index (χ1n) is 8.57. The molecule has 0 saturated heterocycles. The Hall–Kier alpha value is -3.83. The SMILES string of the molecule is COc1ccc(-n2ncc(C(=O)NCc3ccc4c(c3)OCO4)c2C(F)(F)F)nn1. The minimum absolute atomic E-state index is 0.0136. The highest BCUT2D eigenvalue weighted by molar-refractivity contribution is 5.95. The van der Waals surface area contributed by atoms with Gasteiger partial charge in [-0.05, 0) is 23.8 Å². The number of halogens is 3. The fourth-order valence-electron chi connectivity index (χ4n) is 2.82. The number of amides is 1. The maximum Gasteiger partial charge on any atom is 0.434 e. The van der Waals surface area contributed by atoms with Crippen molar-refractivity contribution in [2.45, 2.75) is 12.7 Å². The maximum absolute atomic E-state index is 13.7. The number of rotatable bonds is 5. The number of nitrogens with one attached hydrogen (secondary N) is 1. The molecular weight excluding hydrogens is 407 g/mol. The lowest BCUT2D eigenvalue weighted by Crippen LogP contribution is -2.26. The summed E-state index contributed by atoms with van der Waals surface area (Å²) in [4.78, 5) is 12.5. The van der Waals surface area contributed by atoms with Crippen molar-refractivity contribution < 1.29 is 32.2 Å². The van der Waals surface area contributed by atoms with Crippen molar-refractivity contribution in [3.05, 3.63) is 53.3 Å². The largest absolute Gasteiger partial charge is 0.480 e. The minimum Gasteiger partial charge on any atom is -0.480 e. The molecule has 0 bridgehead atoms. The molecular formula is C18H14F3N5O4. The number of alkyl halides is 3. The molecule has 1 aromatic carbocycles. The van der Waals surface area contributed by atoms with Gasteiger partial charge in [0, 0.05) is 12.6 Å². The fraction of sp³-hybridized carbons (Fsp3) is 0.222. The van der Waals surface area contributed by atoms with Crippen molar-refractivity contribution in [3.63, 3.8) is 0 Å². The van der Waals surface area contributed by atoms with Gasteiger partial charge >= 0.3 is 6.18 Å². The Bertz CT molecular complexity index is 1080. The second kappa shape index (κ2) is 7.54. The van der Waals surface area contributed by atoms with Gasteiger partial charge in [0.15, 0.2) is 23.0 Å². The molecule has 1 amide bonds. The van der Waals surface area contributed by atoms with Crippen LogP contribution in [-0.2, 0) is 12.7 Å². The Morgan fingerprint density at radius 3 is 2.70 bits per heavy atom. The van der Waals surface area contributed by atoms with Crippen molar-refractivity contribution in [3.8, 4) is 23.2 Å². The molecule has 1 N–H and O–H groups in total. The summed E-state index contributed by atoms with van der Waals surface area (Å²) in [6.07, 6.45) is -4.02. The van der Waals surface area contributed by atoms with Gasteiger partial charge in [0.25, 0.3) is 5.91 Å². The van der Waals surface area contributed by atoms with Crippen LogP contribution in [0.25, 0.3) is 5.82 Å². The Morgan fingerprint density at radius 2 is 2.00 bits per heavy atom. The number of hydrogen-bond acceptors (Lipinski definition) is 7. The molecule has 0 saturated carbocycles. The lowest BCUT2D eigenvalue weighted by Gasteiger charge is -2.12. The average Bonchev–Trinajstić information content (AvgIpc) is 3.38. The third kappa shape index (κ3) is 3.71. The smallest absolute Gasteiger partial charge is 0.434 e. The van der Waals surface area contributed by atoms with Crippen LogP contribution in [0.3, 0.4) is 0 Å². The molecule has 156 valence electrons. The molecule has 0 radical (unpaired) electrons. The highest BCUT2D eigenvalue weighted by Gasteiger charge is 2.41. The van der Waals surface area contributed by atoms with Gasteiger partial charge in [-0.15, -0.1) is 10.2 Å². The van der Waals surface area contributed by atoms with Crippen LogP contribution < -0.4 is 19.5 Å². The van der Waals surface area contributed by atoms with Crippen molar-refractivity contribution in [2.24, 2.45) is 0 Å². The third-order valence-electron chi connectivity index (χ3n) is 4.22. The first-order valence-corrected chi connectivity index (χ1v) is 8.57. The standard InChI is InChI=1S/C18H14F3N5O4/c1-28-15-5-4-14(24-25-15)26-16(18(19,20)21)11(8-23-26)17(27)22-7-10-2-3-12-13(6-10)30-9-29-12/h2-6,8H,7,9H2,1H3,(H,22,27). The summed E-state index contributed by atoms with van der Waals surface area (Å²) >= 11 is 0. The summed E-state index contributed by atoms with van der Waals surface area (Å²) in [6, 6.07) is 7.57. The lowest BCUT2D eigenvalue weighted by molar-refractivity contribution is -0.143. The number of carbonyl (C=O) groups excluding carboxylic acids is 1. The molecule has 0 spiro atoms. The molecule has 0 unspecified atom stereocenters. The fourth-order valence-corrected chi connectivity index (χ4v) is 2.82. The maximum atomic E-state index is 13.7. The van der Waals surface area contributed by atoms with E-state index in [1.54, 1.807) is 18.2 Å². The average molecular weight is 421 g/mol. The van der Waals surface area contributed by atoms with E-state index in [1.165, 1.54) is 19.2 Å². The van der Waals surface area contributed by atoms with Gasteiger partial charge in [-0.1, -0.05) is 6.07 Å². The number of methoxy groups -OCH3 is 1. The van der Waals surface area contributed by atoms with Crippen LogP contribution >= 0.6 is 0 Å². The van der Waals surface area contributed by atoms with E-state index in [0.29, 0.717) is 21.7 Å². The molecule has 0 aliphatic carbocycles. The van der Waals surface area contributed by atoms with Crippen molar-refractivity contribution in [2.75, 3.05) is 13.9 Å². The summed E-state index contributed by atoms with van der Waals surface area (Å²) in [7, 11) is 1.35. The normalized spacial score (nSPS) is 12.7. The van der Waals surface area contributed by atoms with Crippen molar-refractivity contribution in [1.82, 2.24) is 25.3 Å². The van der Waals surface area contributed by atoms with Crippen LogP contribution in [0, 0.1) is 0 Å². The number of fused-ring (bicyclic) bond motifs is 1. The molecule has 3 heterocycles. The van der Waals surface area contributed by atoms with Crippen molar-refractivity contribution in [1.29, 1.82) is 0 Å². The Morgan fingerprint density at radius 1 is 1.20 bits per heavy atom. The molecule has 1 aliphatic heterocycles. The molecule has 12 heteroatoms. The third-order valence-corrected chi connectivity index (χ3v) is 4.22. The van der Waals surface area contributed by atoms with Gasteiger partial charge < -0.3 is 19.5 Å². The van der Waals surface area contributed by atoms with E-state index in [2.05, 4.69) is 20.6 Å². The monoisotopic (exact) mass is 421 g/mol. The summed E-state index contributed by atoms with van der Waals surface area (Å²) < 4.78 is 56.9. The van der Waals surface area contributed by atoms with Gasteiger partial charge in [0.2, 0.25) is 12.7 Å². The topological polar surface area (TPSA) is 100 Å². The predicted octanol–water partition coefficient (Wildman–Crippen LogP) is 2.35. The highest BCUT2D eigenvalue weighted by atomic mass is 19.4. The van der Waals surface area contributed by atoms with Gasteiger partial charge in [0.05, 0.1) is 18.9 Å². The second-order valence-corrected chi connectivity index (χ2v) is 6.12. The number of nitrogens with zero attached hydrogens (tertiary/aromatic N) is 4. The molecule has 0 fully saturated rings. The Balaban J connectivity index is 1.58. The van der Waals surface area contributed by atoms with Gasteiger partial charge in [-0.2, -0.15) is 18.3 Å².